The zero-order chi connectivity index (χ0) is 12.7. The maximum Gasteiger partial charge on any atom is 0.304 e. The molecule has 0 aliphatic rings. The molecule has 1 aromatic heterocycles. The van der Waals surface area contributed by atoms with Crippen LogP contribution in [-0.4, -0.2) is 43.8 Å². The summed E-state index contributed by atoms with van der Waals surface area (Å²) in [7, 11) is 0. The lowest BCUT2D eigenvalue weighted by Gasteiger charge is -2.18. The van der Waals surface area contributed by atoms with Crippen LogP contribution in [0.5, 0.6) is 0 Å². The number of aliphatic carboxylic acids is 1. The van der Waals surface area contributed by atoms with Gasteiger partial charge in [-0.15, -0.1) is 0 Å². The Morgan fingerprint density at radius 3 is 2.88 bits per heavy atom. The lowest BCUT2D eigenvalue weighted by Crippen LogP contribution is -2.27. The van der Waals surface area contributed by atoms with Gasteiger partial charge in [-0.25, -0.2) is 9.67 Å². The Balaban J connectivity index is 2.54. The topological polar surface area (TPSA) is 71.2 Å². The fourth-order valence-electron chi connectivity index (χ4n) is 1.61. The van der Waals surface area contributed by atoms with Crippen molar-refractivity contribution in [1.82, 2.24) is 19.7 Å². The van der Waals surface area contributed by atoms with E-state index < -0.39 is 5.97 Å². The summed E-state index contributed by atoms with van der Waals surface area (Å²) >= 11 is 0. The van der Waals surface area contributed by atoms with Gasteiger partial charge in [0.15, 0.2) is 0 Å². The number of aromatic nitrogens is 3. The van der Waals surface area contributed by atoms with Crippen LogP contribution in [0, 0.1) is 0 Å². The lowest BCUT2D eigenvalue weighted by molar-refractivity contribution is -0.137. The van der Waals surface area contributed by atoms with Crippen molar-refractivity contribution in [1.29, 1.82) is 0 Å². The molecule has 0 saturated heterocycles. The molecule has 1 heterocycles. The number of carboxylic acids is 1. The Labute approximate surface area is 101 Å². The molecule has 0 spiro atoms. The van der Waals surface area contributed by atoms with Crippen LogP contribution in [-0.2, 0) is 17.9 Å². The molecule has 17 heavy (non-hydrogen) atoms. The average molecular weight is 240 g/mol. The summed E-state index contributed by atoms with van der Waals surface area (Å²) in [5, 5.41) is 12.8. The molecule has 0 aliphatic heterocycles. The van der Waals surface area contributed by atoms with Gasteiger partial charge in [0.2, 0.25) is 0 Å². The number of hydrogen-bond donors (Lipinski definition) is 1. The molecule has 0 bridgehead atoms. The number of rotatable bonds is 8. The third kappa shape index (κ3) is 4.52. The van der Waals surface area contributed by atoms with E-state index in [2.05, 4.69) is 21.9 Å². The van der Waals surface area contributed by atoms with Crippen LogP contribution in [0.15, 0.2) is 6.33 Å². The highest BCUT2D eigenvalue weighted by atomic mass is 16.4. The second kappa shape index (κ2) is 7.01. The standard InChI is InChI=1S/C11H20N4O2/c1-3-6-15-10(12-9-13-15)8-14(4-2)7-5-11(16)17/h9H,3-8H2,1-2H3,(H,16,17). The molecule has 0 unspecified atom stereocenters. The quantitative estimate of drug-likeness (QED) is 0.733. The van der Waals surface area contributed by atoms with Crippen LogP contribution in [0.3, 0.4) is 0 Å². The van der Waals surface area contributed by atoms with Gasteiger partial charge >= 0.3 is 5.97 Å². The molecule has 96 valence electrons. The van der Waals surface area contributed by atoms with Crippen LogP contribution in [0.1, 0.15) is 32.5 Å². The summed E-state index contributed by atoms with van der Waals surface area (Å²) < 4.78 is 1.88. The van der Waals surface area contributed by atoms with Gasteiger partial charge in [0, 0.05) is 13.1 Å². The van der Waals surface area contributed by atoms with E-state index in [-0.39, 0.29) is 6.42 Å². The molecule has 0 amide bonds. The monoisotopic (exact) mass is 240 g/mol. The Hall–Kier alpha value is -1.43. The molecule has 6 heteroatoms. The Kier molecular flexibility index (Phi) is 5.62. The van der Waals surface area contributed by atoms with Gasteiger partial charge in [-0.1, -0.05) is 13.8 Å². The summed E-state index contributed by atoms with van der Waals surface area (Å²) in [5.74, 6) is 0.137. The molecule has 6 nitrogen and oxygen atoms in total. The highest BCUT2D eigenvalue weighted by molar-refractivity contribution is 5.66. The summed E-state index contributed by atoms with van der Waals surface area (Å²) in [4.78, 5) is 16.8. The predicted molar refractivity (Wildman–Crippen MR) is 63.5 cm³/mol. The van der Waals surface area contributed by atoms with E-state index in [0.717, 1.165) is 25.3 Å². The first kappa shape index (κ1) is 13.6. The van der Waals surface area contributed by atoms with Gasteiger partial charge < -0.3 is 5.11 Å². The maximum atomic E-state index is 10.5. The summed E-state index contributed by atoms with van der Waals surface area (Å²) in [5.41, 5.74) is 0. The number of nitrogens with zero attached hydrogens (tertiary/aromatic N) is 4. The first-order valence-electron chi connectivity index (χ1n) is 5.98. The molecule has 0 radical (unpaired) electrons. The Bertz CT molecular complexity index is 351. The van der Waals surface area contributed by atoms with Gasteiger partial charge in [0.05, 0.1) is 13.0 Å². The third-order valence-corrected chi connectivity index (χ3v) is 2.59. The minimum absolute atomic E-state index is 0.162. The molecule has 1 N–H and O–H groups in total. The lowest BCUT2D eigenvalue weighted by atomic mass is 10.3. The van der Waals surface area contributed by atoms with E-state index in [4.69, 9.17) is 5.11 Å². The normalized spacial score (nSPS) is 11.0. The van der Waals surface area contributed by atoms with E-state index in [1.165, 1.54) is 0 Å². The van der Waals surface area contributed by atoms with Crippen molar-refractivity contribution in [3.63, 3.8) is 0 Å². The second-order valence-electron chi connectivity index (χ2n) is 3.91. The number of hydrogen-bond acceptors (Lipinski definition) is 4. The summed E-state index contributed by atoms with van der Waals surface area (Å²) in [6, 6.07) is 0. The van der Waals surface area contributed by atoms with E-state index in [1.807, 2.05) is 11.6 Å². The van der Waals surface area contributed by atoms with Crippen LogP contribution in [0.4, 0.5) is 0 Å². The van der Waals surface area contributed by atoms with Crippen molar-refractivity contribution in [2.75, 3.05) is 13.1 Å². The van der Waals surface area contributed by atoms with Gasteiger partial charge in [-0.2, -0.15) is 5.10 Å². The summed E-state index contributed by atoms with van der Waals surface area (Å²) in [6.07, 6.45) is 2.73. The minimum atomic E-state index is -0.765. The smallest absolute Gasteiger partial charge is 0.304 e. The molecule has 1 aromatic rings. The van der Waals surface area contributed by atoms with Crippen LogP contribution in [0.25, 0.3) is 0 Å². The van der Waals surface area contributed by atoms with Crippen molar-refractivity contribution in [2.24, 2.45) is 0 Å². The average Bonchev–Trinajstić information content (AvgIpc) is 2.72. The molecule has 0 atom stereocenters. The first-order chi connectivity index (χ1) is 8.17. The molecular weight excluding hydrogens is 220 g/mol. The number of carbonyl (C=O) groups is 1. The van der Waals surface area contributed by atoms with Crippen LogP contribution >= 0.6 is 0 Å². The van der Waals surface area contributed by atoms with Gasteiger partial charge in [0.1, 0.15) is 12.2 Å². The third-order valence-electron chi connectivity index (χ3n) is 2.59. The van der Waals surface area contributed by atoms with E-state index in [0.29, 0.717) is 13.1 Å². The molecule has 0 saturated carbocycles. The van der Waals surface area contributed by atoms with E-state index in [1.54, 1.807) is 6.33 Å². The predicted octanol–water partition coefficient (Wildman–Crippen LogP) is 0.985. The number of carboxylic acid groups (broad SMARTS) is 1. The van der Waals surface area contributed by atoms with Crippen molar-refractivity contribution < 1.29 is 9.90 Å². The number of aryl methyl sites for hydroxylation is 1. The maximum absolute atomic E-state index is 10.5. The SMILES string of the molecule is CCCn1ncnc1CN(CC)CCC(=O)O. The van der Waals surface area contributed by atoms with Gasteiger partial charge in [-0.3, -0.25) is 9.69 Å². The largest absolute Gasteiger partial charge is 0.481 e. The van der Waals surface area contributed by atoms with Crippen LogP contribution < -0.4 is 0 Å². The fraction of sp³-hybridized carbons (Fsp3) is 0.727. The van der Waals surface area contributed by atoms with Crippen molar-refractivity contribution >= 4 is 5.97 Å². The van der Waals surface area contributed by atoms with Gasteiger partial charge in [0.25, 0.3) is 0 Å². The van der Waals surface area contributed by atoms with E-state index in [9.17, 15) is 4.79 Å². The van der Waals surface area contributed by atoms with Crippen molar-refractivity contribution in [3.05, 3.63) is 12.2 Å². The van der Waals surface area contributed by atoms with E-state index >= 15 is 0 Å². The molecule has 0 aromatic carbocycles. The molecule has 1 rings (SSSR count). The zero-order valence-corrected chi connectivity index (χ0v) is 10.5. The minimum Gasteiger partial charge on any atom is -0.481 e. The zero-order valence-electron chi connectivity index (χ0n) is 10.5. The first-order valence-corrected chi connectivity index (χ1v) is 5.98. The fourth-order valence-corrected chi connectivity index (χ4v) is 1.61. The molecule has 0 fully saturated rings. The molecule has 0 aliphatic carbocycles. The Morgan fingerprint density at radius 1 is 1.53 bits per heavy atom. The van der Waals surface area contributed by atoms with Crippen molar-refractivity contribution in [3.8, 4) is 0 Å². The highest BCUT2D eigenvalue weighted by Crippen LogP contribution is 2.03. The highest BCUT2D eigenvalue weighted by Gasteiger charge is 2.10. The molecular formula is C11H20N4O2. The summed E-state index contributed by atoms with van der Waals surface area (Å²) in [6.45, 7) is 6.97. The van der Waals surface area contributed by atoms with Gasteiger partial charge in [-0.05, 0) is 13.0 Å². The van der Waals surface area contributed by atoms with Crippen molar-refractivity contribution in [2.45, 2.75) is 39.8 Å². The second-order valence-corrected chi connectivity index (χ2v) is 3.91. The Morgan fingerprint density at radius 2 is 2.29 bits per heavy atom. The van der Waals surface area contributed by atoms with Crippen LogP contribution in [0.2, 0.25) is 0 Å².